The second kappa shape index (κ2) is 11.1. The van der Waals surface area contributed by atoms with Crippen LogP contribution in [0.3, 0.4) is 0 Å². The molecule has 0 aliphatic heterocycles. The van der Waals surface area contributed by atoms with Crippen molar-refractivity contribution in [3.63, 3.8) is 0 Å². The van der Waals surface area contributed by atoms with E-state index in [4.69, 9.17) is 0 Å². The maximum absolute atomic E-state index is 13.5. The highest BCUT2D eigenvalue weighted by atomic mass is 79.9. The predicted octanol–water partition coefficient (Wildman–Crippen LogP) is 5.34. The van der Waals surface area contributed by atoms with Crippen molar-refractivity contribution < 1.29 is 17.6 Å². The van der Waals surface area contributed by atoms with Gasteiger partial charge in [-0.3, -0.25) is 9.10 Å². The smallest absolute Gasteiger partial charge is 0.264 e. The van der Waals surface area contributed by atoms with Crippen LogP contribution in [0, 0.1) is 19.7 Å². The van der Waals surface area contributed by atoms with E-state index in [1.807, 2.05) is 44.2 Å². The maximum Gasteiger partial charge on any atom is 0.264 e. The average molecular weight is 583 g/mol. The van der Waals surface area contributed by atoms with Crippen LogP contribution in [-0.4, -0.2) is 31.7 Å². The minimum absolute atomic E-state index is 0.00983. The number of carbonyl (C=O) groups is 1. The molecule has 0 fully saturated rings. The molecule has 190 valence electrons. The van der Waals surface area contributed by atoms with Gasteiger partial charge in [-0.05, 0) is 74.5 Å². The van der Waals surface area contributed by atoms with E-state index >= 15 is 0 Å². The molecule has 4 aromatic rings. The van der Waals surface area contributed by atoms with Crippen molar-refractivity contribution in [1.29, 1.82) is 0 Å². The first-order chi connectivity index (χ1) is 17.7. The van der Waals surface area contributed by atoms with Gasteiger partial charge < -0.3 is 4.57 Å². The van der Waals surface area contributed by atoms with Crippen molar-refractivity contribution in [2.45, 2.75) is 18.7 Å². The summed E-state index contributed by atoms with van der Waals surface area (Å²) in [6.07, 6.45) is 1.52. The van der Waals surface area contributed by atoms with Crippen molar-refractivity contribution in [3.8, 4) is 5.69 Å². The van der Waals surface area contributed by atoms with Gasteiger partial charge in [0.25, 0.3) is 15.9 Å². The van der Waals surface area contributed by atoms with Gasteiger partial charge in [-0.2, -0.15) is 5.10 Å². The summed E-state index contributed by atoms with van der Waals surface area (Å²) in [4.78, 5) is 12.8. The number of halogens is 2. The lowest BCUT2D eigenvalue weighted by atomic mass is 10.2. The maximum atomic E-state index is 13.5. The minimum atomic E-state index is -4.09. The Kier molecular flexibility index (Phi) is 7.89. The van der Waals surface area contributed by atoms with Crippen LogP contribution in [0.5, 0.6) is 0 Å². The predicted molar refractivity (Wildman–Crippen MR) is 146 cm³/mol. The molecule has 0 atom stereocenters. The Morgan fingerprint density at radius 3 is 2.41 bits per heavy atom. The molecular weight excluding hydrogens is 559 g/mol. The Bertz CT molecular complexity index is 1550. The van der Waals surface area contributed by atoms with E-state index in [1.54, 1.807) is 18.2 Å². The third kappa shape index (κ3) is 5.98. The number of hydrazone groups is 1. The molecule has 1 N–H and O–H groups in total. The molecule has 7 nitrogen and oxygen atoms in total. The van der Waals surface area contributed by atoms with Gasteiger partial charge in [0.15, 0.2) is 0 Å². The molecule has 0 unspecified atom stereocenters. The fourth-order valence-corrected chi connectivity index (χ4v) is 5.74. The Morgan fingerprint density at radius 1 is 1.03 bits per heavy atom. The van der Waals surface area contributed by atoms with Crippen molar-refractivity contribution in [1.82, 2.24) is 9.99 Å². The van der Waals surface area contributed by atoms with Crippen molar-refractivity contribution in [2.24, 2.45) is 5.10 Å². The van der Waals surface area contributed by atoms with E-state index in [0.717, 1.165) is 43.5 Å². The summed E-state index contributed by atoms with van der Waals surface area (Å²) in [6.45, 7) is 3.37. The number of hydrogen-bond donors (Lipinski definition) is 1. The van der Waals surface area contributed by atoms with Gasteiger partial charge in [0.1, 0.15) is 12.4 Å². The molecule has 0 aliphatic carbocycles. The molecular formula is C27H24BrFN4O3S. The summed E-state index contributed by atoms with van der Waals surface area (Å²) in [5.74, 6) is -1.17. The van der Waals surface area contributed by atoms with Crippen molar-refractivity contribution in [3.05, 3.63) is 112 Å². The number of carbonyl (C=O) groups excluding carboxylic acids is 1. The number of benzene rings is 3. The minimum Gasteiger partial charge on any atom is -0.318 e. The lowest BCUT2D eigenvalue weighted by Crippen LogP contribution is -2.39. The molecule has 3 aromatic carbocycles. The molecule has 10 heteroatoms. The number of rotatable bonds is 8. The Morgan fingerprint density at radius 2 is 1.73 bits per heavy atom. The number of amides is 1. The molecule has 0 saturated carbocycles. The molecule has 1 heterocycles. The van der Waals surface area contributed by atoms with Gasteiger partial charge in [-0.25, -0.2) is 18.2 Å². The third-order valence-corrected chi connectivity index (χ3v) is 7.94. The number of nitrogens with zero attached hydrogens (tertiary/aromatic N) is 3. The lowest BCUT2D eigenvalue weighted by Gasteiger charge is -2.23. The van der Waals surface area contributed by atoms with Gasteiger partial charge in [0, 0.05) is 27.1 Å². The zero-order chi connectivity index (χ0) is 26.6. The summed E-state index contributed by atoms with van der Waals surface area (Å²) in [6, 6.07) is 22.5. The van der Waals surface area contributed by atoms with Crippen LogP contribution in [0.4, 0.5) is 10.1 Å². The van der Waals surface area contributed by atoms with Crippen LogP contribution < -0.4 is 9.73 Å². The van der Waals surface area contributed by atoms with Crippen LogP contribution in [0.15, 0.2) is 99.4 Å². The molecule has 4 rings (SSSR count). The molecule has 0 radical (unpaired) electrons. The highest BCUT2D eigenvalue weighted by Crippen LogP contribution is 2.24. The highest BCUT2D eigenvalue weighted by Gasteiger charge is 2.27. The summed E-state index contributed by atoms with van der Waals surface area (Å²) in [5, 5.41) is 4.06. The summed E-state index contributed by atoms with van der Waals surface area (Å²) in [5.41, 5.74) is 6.25. The fraction of sp³-hybridized carbons (Fsp3) is 0.111. The number of nitrogens with one attached hydrogen (secondary N) is 1. The van der Waals surface area contributed by atoms with Gasteiger partial charge >= 0.3 is 0 Å². The number of anilines is 1. The van der Waals surface area contributed by atoms with E-state index in [1.165, 1.54) is 30.5 Å². The van der Waals surface area contributed by atoms with Crippen LogP contribution in [0.2, 0.25) is 0 Å². The van der Waals surface area contributed by atoms with E-state index in [0.29, 0.717) is 0 Å². The largest absolute Gasteiger partial charge is 0.318 e. The lowest BCUT2D eigenvalue weighted by molar-refractivity contribution is -0.119. The zero-order valence-corrected chi connectivity index (χ0v) is 22.5. The van der Waals surface area contributed by atoms with Gasteiger partial charge in [-0.15, -0.1) is 0 Å². The highest BCUT2D eigenvalue weighted by molar-refractivity contribution is 9.10. The van der Waals surface area contributed by atoms with E-state index in [2.05, 4.69) is 31.0 Å². The van der Waals surface area contributed by atoms with Gasteiger partial charge in [0.05, 0.1) is 16.8 Å². The topological polar surface area (TPSA) is 83.8 Å². The van der Waals surface area contributed by atoms with Crippen molar-refractivity contribution >= 4 is 43.8 Å². The molecule has 0 saturated heterocycles. The Hall–Kier alpha value is -3.76. The third-order valence-electron chi connectivity index (χ3n) is 5.66. The first kappa shape index (κ1) is 26.3. The summed E-state index contributed by atoms with van der Waals surface area (Å²) < 4.78 is 44.0. The summed E-state index contributed by atoms with van der Waals surface area (Å²) >= 11 is 3.49. The second-order valence-electron chi connectivity index (χ2n) is 8.24. The fourth-order valence-electron chi connectivity index (χ4n) is 3.91. The number of sulfonamides is 1. The average Bonchev–Trinajstić information content (AvgIpc) is 3.16. The second-order valence-corrected chi connectivity index (χ2v) is 11.0. The van der Waals surface area contributed by atoms with Crippen molar-refractivity contribution in [2.75, 3.05) is 10.8 Å². The first-order valence-corrected chi connectivity index (χ1v) is 13.5. The molecule has 1 amide bonds. The molecule has 0 bridgehead atoms. The number of hydrogen-bond acceptors (Lipinski definition) is 4. The number of aromatic nitrogens is 1. The quantitative estimate of drug-likeness (QED) is 0.225. The van der Waals surface area contributed by atoms with E-state index in [-0.39, 0.29) is 10.6 Å². The molecule has 0 spiro atoms. The van der Waals surface area contributed by atoms with Gasteiger partial charge in [-0.1, -0.05) is 40.2 Å². The Balaban J connectivity index is 1.54. The molecule has 0 aliphatic rings. The molecule has 37 heavy (non-hydrogen) atoms. The van der Waals surface area contributed by atoms with Crippen LogP contribution in [0.1, 0.15) is 17.0 Å². The summed E-state index contributed by atoms with van der Waals surface area (Å²) in [7, 11) is -4.09. The van der Waals surface area contributed by atoms with Crippen LogP contribution >= 0.6 is 15.9 Å². The number of aryl methyl sites for hydroxylation is 1. The standard InChI is InChI=1S/C27H24BrFN4O3S/c1-19-15-21(20(2)33(19)25-8-6-7-22(28)16-25)17-30-31-27(34)18-32(24-13-11-23(29)12-14-24)37(35,36)26-9-4-3-5-10-26/h3-17H,18H2,1-2H3,(H,31,34)/b30-17+. The SMILES string of the molecule is Cc1cc(/C=N/NC(=O)CN(c2ccc(F)cc2)S(=O)(=O)c2ccccc2)c(C)n1-c1cccc(Br)c1. The Labute approximate surface area is 223 Å². The monoisotopic (exact) mass is 582 g/mol. The molecule has 1 aromatic heterocycles. The van der Waals surface area contributed by atoms with Gasteiger partial charge in [0.2, 0.25) is 0 Å². The van der Waals surface area contributed by atoms with Crippen LogP contribution in [0.25, 0.3) is 5.69 Å². The van der Waals surface area contributed by atoms with Crippen LogP contribution in [-0.2, 0) is 14.8 Å². The van der Waals surface area contributed by atoms with E-state index < -0.39 is 28.3 Å². The van der Waals surface area contributed by atoms with E-state index in [9.17, 15) is 17.6 Å². The normalized spacial score (nSPS) is 11.6. The first-order valence-electron chi connectivity index (χ1n) is 11.3. The zero-order valence-electron chi connectivity index (χ0n) is 20.1.